The zero-order valence-electron chi connectivity index (χ0n) is 22.2. The molecule has 0 saturated heterocycles. The van der Waals surface area contributed by atoms with E-state index in [9.17, 15) is 10.2 Å². The average Bonchev–Trinajstić information content (AvgIpc) is 3.34. The van der Waals surface area contributed by atoms with E-state index in [0.717, 1.165) is 39.6 Å². The van der Waals surface area contributed by atoms with Gasteiger partial charge >= 0.3 is 0 Å². The van der Waals surface area contributed by atoms with Gasteiger partial charge in [0.15, 0.2) is 34.8 Å². The fraction of sp³-hybridized carbons (Fsp3) is 0.0968. The molecule has 0 saturated carbocycles. The van der Waals surface area contributed by atoms with E-state index < -0.39 is 6.04 Å². The van der Waals surface area contributed by atoms with Crippen LogP contribution in [0.1, 0.15) is 22.9 Å². The first-order valence-corrected chi connectivity index (χ1v) is 13.0. The van der Waals surface area contributed by atoms with Gasteiger partial charge in [-0.2, -0.15) is 9.78 Å². The van der Waals surface area contributed by atoms with E-state index >= 15 is 0 Å². The Balaban J connectivity index is 1.48. The number of hydrogen-bond acceptors (Lipinski definition) is 9. The van der Waals surface area contributed by atoms with Crippen molar-refractivity contribution in [2.45, 2.75) is 13.0 Å². The summed E-state index contributed by atoms with van der Waals surface area (Å²) in [6.07, 6.45) is 1.71. The Morgan fingerprint density at radius 3 is 2.44 bits per heavy atom. The number of benzene rings is 3. The second kappa shape index (κ2) is 9.53. The molecule has 3 aromatic carbocycles. The minimum absolute atomic E-state index is 0.193. The number of methoxy groups -OCH3 is 1. The van der Waals surface area contributed by atoms with E-state index in [4.69, 9.17) is 19.8 Å². The van der Waals surface area contributed by atoms with Crippen molar-refractivity contribution >= 4 is 34.6 Å². The highest BCUT2D eigenvalue weighted by Gasteiger charge is 2.41. The van der Waals surface area contributed by atoms with Gasteiger partial charge in [-0.25, -0.2) is 15.0 Å². The number of aromatic hydroxyl groups is 2. The SMILES string of the molecule is COc1ccc(NC2=Nc3ccccc3N3C2=Nc2c(c(C)nn2-c2ccccn2)C3c2ccc(O)c(O)c2)cc1. The van der Waals surface area contributed by atoms with E-state index in [2.05, 4.69) is 15.2 Å². The molecule has 10 nitrogen and oxygen atoms in total. The van der Waals surface area contributed by atoms with Crippen LogP contribution < -0.4 is 15.0 Å². The Labute approximate surface area is 235 Å². The predicted molar refractivity (Wildman–Crippen MR) is 157 cm³/mol. The van der Waals surface area contributed by atoms with Crippen LogP contribution in [0.4, 0.5) is 22.9 Å². The van der Waals surface area contributed by atoms with E-state index in [1.54, 1.807) is 30.1 Å². The van der Waals surface area contributed by atoms with Gasteiger partial charge < -0.3 is 25.2 Å². The maximum Gasteiger partial charge on any atom is 0.179 e. The number of phenols is 2. The number of rotatable bonds is 4. The minimum atomic E-state index is -0.453. The number of nitrogens with zero attached hydrogens (tertiary/aromatic N) is 6. The van der Waals surface area contributed by atoms with Crippen LogP contribution in [0.15, 0.2) is 101 Å². The number of fused-ring (bicyclic) bond motifs is 4. The van der Waals surface area contributed by atoms with Crippen molar-refractivity contribution in [2.24, 2.45) is 9.98 Å². The number of amidine groups is 2. The number of ether oxygens (including phenoxy) is 1. The quantitative estimate of drug-likeness (QED) is 0.245. The van der Waals surface area contributed by atoms with Crippen LogP contribution in [0, 0.1) is 6.92 Å². The Kier molecular flexibility index (Phi) is 5.67. The number of nitrogens with one attached hydrogen (secondary N) is 1. The molecular weight excluding hydrogens is 518 g/mol. The molecule has 2 aromatic heterocycles. The number of hydrogen-bond donors (Lipinski definition) is 3. The monoisotopic (exact) mass is 543 g/mol. The topological polar surface area (TPSA) is 120 Å². The van der Waals surface area contributed by atoms with Crippen molar-refractivity contribution in [3.8, 4) is 23.1 Å². The molecule has 2 aliphatic rings. The largest absolute Gasteiger partial charge is 0.504 e. The Hall–Kier alpha value is -5.64. The molecule has 1 atom stereocenters. The third kappa shape index (κ3) is 4.04. The van der Waals surface area contributed by atoms with Crippen LogP contribution in [0.2, 0.25) is 0 Å². The molecule has 41 heavy (non-hydrogen) atoms. The number of aryl methyl sites for hydroxylation is 1. The van der Waals surface area contributed by atoms with Gasteiger partial charge in [0.05, 0.1) is 30.2 Å². The summed E-state index contributed by atoms with van der Waals surface area (Å²) in [5.74, 6) is 2.68. The molecule has 7 rings (SSSR count). The third-order valence-corrected chi connectivity index (χ3v) is 7.17. The molecule has 5 aromatic rings. The lowest BCUT2D eigenvalue weighted by Crippen LogP contribution is -2.46. The summed E-state index contributed by atoms with van der Waals surface area (Å²) < 4.78 is 7.06. The summed E-state index contributed by atoms with van der Waals surface area (Å²) in [6.45, 7) is 1.94. The molecule has 0 spiro atoms. The maximum absolute atomic E-state index is 10.5. The lowest BCUT2D eigenvalue weighted by molar-refractivity contribution is 0.403. The fourth-order valence-corrected chi connectivity index (χ4v) is 5.27. The van der Waals surface area contributed by atoms with Crippen LogP contribution in [-0.4, -0.2) is 43.8 Å². The van der Waals surface area contributed by atoms with Crippen molar-refractivity contribution < 1.29 is 14.9 Å². The van der Waals surface area contributed by atoms with Gasteiger partial charge in [0, 0.05) is 17.4 Å². The highest BCUT2D eigenvalue weighted by atomic mass is 16.5. The van der Waals surface area contributed by atoms with Gasteiger partial charge in [-0.05, 0) is 73.2 Å². The van der Waals surface area contributed by atoms with Gasteiger partial charge in [-0.1, -0.05) is 24.3 Å². The second-order valence-corrected chi connectivity index (χ2v) is 9.68. The highest BCUT2D eigenvalue weighted by molar-refractivity contribution is 6.51. The minimum Gasteiger partial charge on any atom is -0.504 e. The van der Waals surface area contributed by atoms with Crippen LogP contribution in [0.3, 0.4) is 0 Å². The van der Waals surface area contributed by atoms with Crippen LogP contribution >= 0.6 is 0 Å². The van der Waals surface area contributed by atoms with Gasteiger partial charge in [-0.15, -0.1) is 0 Å². The van der Waals surface area contributed by atoms with Gasteiger partial charge in [-0.3, -0.25) is 0 Å². The maximum atomic E-state index is 10.5. The number of aromatic nitrogens is 3. The molecule has 1 unspecified atom stereocenters. The van der Waals surface area contributed by atoms with E-state index in [-0.39, 0.29) is 11.5 Å². The lowest BCUT2D eigenvalue weighted by Gasteiger charge is -2.40. The molecular formula is C31H25N7O3. The van der Waals surface area contributed by atoms with Crippen molar-refractivity contribution in [3.05, 3.63) is 108 Å². The molecule has 3 N–H and O–H groups in total. The molecule has 0 bridgehead atoms. The predicted octanol–water partition coefficient (Wildman–Crippen LogP) is 5.79. The zero-order valence-corrected chi connectivity index (χ0v) is 22.2. The van der Waals surface area contributed by atoms with Crippen molar-refractivity contribution in [1.82, 2.24) is 14.8 Å². The van der Waals surface area contributed by atoms with Crippen molar-refractivity contribution in [3.63, 3.8) is 0 Å². The van der Waals surface area contributed by atoms with Crippen LogP contribution in [-0.2, 0) is 0 Å². The molecule has 0 fully saturated rings. The first-order valence-electron chi connectivity index (χ1n) is 13.0. The standard InChI is InChI=1S/C31H25N7O3/c1-18-27-28(19-10-15-24(39)25(40)17-19)37-23-8-4-3-7-22(23)34-29(33-20-11-13-21(41-2)14-12-20)31(37)35-30(27)38(36-18)26-9-5-6-16-32-26/h3-17,28,39-40H,1-2H3,(H,33,34). The number of phenolic OH excluding ortho intramolecular Hbond substituents is 2. The second-order valence-electron chi connectivity index (χ2n) is 9.68. The molecule has 4 heterocycles. The Morgan fingerprint density at radius 1 is 0.878 bits per heavy atom. The number of pyridine rings is 1. The summed E-state index contributed by atoms with van der Waals surface area (Å²) in [6, 6.07) is 25.5. The van der Waals surface area contributed by atoms with Crippen molar-refractivity contribution in [1.29, 1.82) is 0 Å². The van der Waals surface area contributed by atoms with Crippen LogP contribution in [0.25, 0.3) is 5.82 Å². The van der Waals surface area contributed by atoms with Gasteiger partial charge in [0.2, 0.25) is 0 Å². The summed E-state index contributed by atoms with van der Waals surface area (Å²) >= 11 is 0. The first-order chi connectivity index (χ1) is 20.0. The zero-order chi connectivity index (χ0) is 28.1. The van der Waals surface area contributed by atoms with Gasteiger partial charge in [0.1, 0.15) is 5.75 Å². The summed E-state index contributed by atoms with van der Waals surface area (Å²) in [7, 11) is 1.63. The van der Waals surface area contributed by atoms with Crippen molar-refractivity contribution in [2.75, 3.05) is 17.3 Å². The number of anilines is 2. The molecule has 10 heteroatoms. The van der Waals surface area contributed by atoms with E-state index in [1.165, 1.54) is 6.07 Å². The van der Waals surface area contributed by atoms with E-state index in [0.29, 0.717) is 23.3 Å². The molecule has 202 valence electrons. The molecule has 0 amide bonds. The highest BCUT2D eigenvalue weighted by Crippen LogP contribution is 2.49. The summed E-state index contributed by atoms with van der Waals surface area (Å²) in [5.41, 5.74) is 4.78. The fourth-order valence-electron chi connectivity index (χ4n) is 5.27. The normalized spacial score (nSPS) is 15.3. The molecule has 0 aliphatic carbocycles. The molecule has 0 radical (unpaired) electrons. The number of para-hydroxylation sites is 2. The average molecular weight is 544 g/mol. The Bertz CT molecular complexity index is 1850. The summed E-state index contributed by atoms with van der Waals surface area (Å²) in [4.78, 5) is 16.8. The smallest absolute Gasteiger partial charge is 0.179 e. The molecule has 2 aliphatic heterocycles. The van der Waals surface area contributed by atoms with Gasteiger partial charge in [0.25, 0.3) is 0 Å². The third-order valence-electron chi connectivity index (χ3n) is 7.17. The number of aliphatic imine (C=N–C) groups is 2. The lowest BCUT2D eigenvalue weighted by atomic mass is 9.93. The summed E-state index contributed by atoms with van der Waals surface area (Å²) in [5, 5.41) is 29.0. The van der Waals surface area contributed by atoms with Crippen LogP contribution in [0.5, 0.6) is 17.2 Å². The van der Waals surface area contributed by atoms with E-state index in [1.807, 2.05) is 73.7 Å². The first kappa shape index (κ1) is 24.4. The Morgan fingerprint density at radius 2 is 1.68 bits per heavy atom.